The molecule has 1 atom stereocenters. The van der Waals surface area contributed by atoms with Crippen molar-refractivity contribution in [3.63, 3.8) is 0 Å². The van der Waals surface area contributed by atoms with Gasteiger partial charge in [0, 0.05) is 23.8 Å². The van der Waals surface area contributed by atoms with E-state index >= 15 is 0 Å². The van der Waals surface area contributed by atoms with Gasteiger partial charge in [0.1, 0.15) is 16.3 Å². The van der Waals surface area contributed by atoms with Crippen LogP contribution in [0.3, 0.4) is 0 Å². The minimum atomic E-state index is -0.00940. The number of thiazole rings is 1. The van der Waals surface area contributed by atoms with Crippen LogP contribution in [0.4, 0.5) is 0 Å². The van der Waals surface area contributed by atoms with Crippen LogP contribution in [0.1, 0.15) is 39.9 Å². The lowest BCUT2D eigenvalue weighted by Gasteiger charge is -2.22. The van der Waals surface area contributed by atoms with Gasteiger partial charge in [-0.1, -0.05) is 0 Å². The fraction of sp³-hybridized carbons (Fsp3) is 0.353. The molecule has 6 nitrogen and oxygen atoms in total. The van der Waals surface area contributed by atoms with Gasteiger partial charge in [-0.2, -0.15) is 5.10 Å². The molecule has 3 aromatic rings. The molecule has 0 radical (unpaired) electrons. The van der Waals surface area contributed by atoms with Gasteiger partial charge in [0.15, 0.2) is 0 Å². The lowest BCUT2D eigenvalue weighted by Crippen LogP contribution is -2.30. The maximum atomic E-state index is 13.2. The zero-order chi connectivity index (χ0) is 16.7. The van der Waals surface area contributed by atoms with Crippen LogP contribution in [0, 0.1) is 6.92 Å². The second-order valence-corrected chi connectivity index (χ2v) is 6.80. The third-order valence-corrected chi connectivity index (χ3v) is 5.45. The minimum Gasteiger partial charge on any atom is -0.494 e. The molecule has 4 rings (SSSR count). The van der Waals surface area contributed by atoms with E-state index < -0.39 is 0 Å². The molecule has 1 amide bonds. The maximum absolute atomic E-state index is 13.2. The van der Waals surface area contributed by atoms with Crippen molar-refractivity contribution in [3.05, 3.63) is 46.2 Å². The number of aryl methyl sites for hydroxylation is 1. The first-order chi connectivity index (χ1) is 11.7. The van der Waals surface area contributed by atoms with E-state index in [1.165, 1.54) is 0 Å². The first-order valence-electron chi connectivity index (χ1n) is 7.92. The van der Waals surface area contributed by atoms with E-state index in [2.05, 4.69) is 10.1 Å². The Kier molecular flexibility index (Phi) is 3.72. The van der Waals surface area contributed by atoms with E-state index in [4.69, 9.17) is 4.74 Å². The van der Waals surface area contributed by atoms with Crippen molar-refractivity contribution < 1.29 is 9.53 Å². The average Bonchev–Trinajstić information content (AvgIpc) is 3.32. The lowest BCUT2D eigenvalue weighted by molar-refractivity contribution is 0.0737. The van der Waals surface area contributed by atoms with Gasteiger partial charge in [-0.15, -0.1) is 11.3 Å². The van der Waals surface area contributed by atoms with Crippen LogP contribution in [0.2, 0.25) is 0 Å². The standard InChI is InChI=1S/C17H18N4O2S/c1-11-10-24-16(19-11)13-5-3-7-20(13)17(22)12-9-18-21-8-4-6-14(23-2)15(12)21/h4,6,8-10,13H,3,5,7H2,1-2H3. The normalized spacial score (nSPS) is 17.6. The van der Waals surface area contributed by atoms with E-state index in [1.54, 1.807) is 29.2 Å². The summed E-state index contributed by atoms with van der Waals surface area (Å²) in [5.74, 6) is 0.643. The number of carbonyl (C=O) groups is 1. The number of hydrogen-bond donors (Lipinski definition) is 0. The highest BCUT2D eigenvalue weighted by atomic mass is 32.1. The summed E-state index contributed by atoms with van der Waals surface area (Å²) in [4.78, 5) is 19.7. The molecule has 1 unspecified atom stereocenters. The van der Waals surface area contributed by atoms with E-state index in [0.29, 0.717) is 16.8 Å². The van der Waals surface area contributed by atoms with Crippen LogP contribution in [-0.4, -0.2) is 39.1 Å². The van der Waals surface area contributed by atoms with Crippen LogP contribution in [0.15, 0.2) is 29.9 Å². The van der Waals surface area contributed by atoms with Gasteiger partial charge in [-0.3, -0.25) is 4.79 Å². The topological polar surface area (TPSA) is 59.7 Å². The lowest BCUT2D eigenvalue weighted by atomic mass is 10.2. The minimum absolute atomic E-state index is 0.00940. The van der Waals surface area contributed by atoms with Gasteiger partial charge in [0.05, 0.1) is 24.9 Å². The number of aromatic nitrogens is 3. The molecular formula is C17H18N4O2S. The van der Waals surface area contributed by atoms with E-state index in [1.807, 2.05) is 35.5 Å². The van der Waals surface area contributed by atoms with Crippen molar-refractivity contribution in [2.75, 3.05) is 13.7 Å². The van der Waals surface area contributed by atoms with Crippen LogP contribution in [0.25, 0.3) is 5.52 Å². The van der Waals surface area contributed by atoms with Crippen molar-refractivity contribution in [3.8, 4) is 5.75 Å². The molecule has 0 N–H and O–H groups in total. The summed E-state index contributed by atoms with van der Waals surface area (Å²) in [5, 5.41) is 7.35. The third-order valence-electron chi connectivity index (χ3n) is 4.39. The molecule has 4 heterocycles. The molecule has 1 aliphatic heterocycles. The summed E-state index contributed by atoms with van der Waals surface area (Å²) in [6.07, 6.45) is 5.39. The summed E-state index contributed by atoms with van der Waals surface area (Å²) in [5.41, 5.74) is 2.30. The summed E-state index contributed by atoms with van der Waals surface area (Å²) >= 11 is 1.63. The molecule has 0 bridgehead atoms. The highest BCUT2D eigenvalue weighted by Gasteiger charge is 2.34. The molecule has 1 saturated heterocycles. The quantitative estimate of drug-likeness (QED) is 0.734. The molecule has 0 spiro atoms. The van der Waals surface area contributed by atoms with Gasteiger partial charge in [-0.05, 0) is 31.9 Å². The largest absolute Gasteiger partial charge is 0.494 e. The average molecular weight is 342 g/mol. The summed E-state index contributed by atoms with van der Waals surface area (Å²) < 4.78 is 7.10. The molecule has 7 heteroatoms. The molecule has 0 saturated carbocycles. The number of ether oxygens (including phenoxy) is 1. The van der Waals surface area contributed by atoms with E-state index in [-0.39, 0.29) is 11.9 Å². The van der Waals surface area contributed by atoms with Crippen LogP contribution in [0.5, 0.6) is 5.75 Å². The molecule has 1 fully saturated rings. The van der Waals surface area contributed by atoms with Crippen molar-refractivity contribution in [1.82, 2.24) is 19.5 Å². The predicted molar refractivity (Wildman–Crippen MR) is 91.6 cm³/mol. The highest BCUT2D eigenvalue weighted by molar-refractivity contribution is 7.09. The Hall–Kier alpha value is -2.41. The van der Waals surface area contributed by atoms with Crippen molar-refractivity contribution >= 4 is 22.8 Å². The fourth-order valence-electron chi connectivity index (χ4n) is 3.28. The predicted octanol–water partition coefficient (Wildman–Crippen LogP) is 3.09. The van der Waals surface area contributed by atoms with Crippen molar-refractivity contribution in [1.29, 1.82) is 0 Å². The van der Waals surface area contributed by atoms with Crippen LogP contribution in [-0.2, 0) is 0 Å². The van der Waals surface area contributed by atoms with E-state index in [9.17, 15) is 4.79 Å². The van der Waals surface area contributed by atoms with Gasteiger partial charge in [0.2, 0.25) is 0 Å². The van der Waals surface area contributed by atoms with Gasteiger partial charge in [0.25, 0.3) is 5.91 Å². The second kappa shape index (κ2) is 5.90. The highest BCUT2D eigenvalue weighted by Crippen LogP contribution is 2.36. The number of likely N-dealkylation sites (tertiary alicyclic amines) is 1. The Morgan fingerprint density at radius 1 is 1.46 bits per heavy atom. The molecule has 3 aromatic heterocycles. The zero-order valence-electron chi connectivity index (χ0n) is 13.6. The third kappa shape index (κ3) is 2.36. The van der Waals surface area contributed by atoms with Crippen LogP contribution < -0.4 is 4.74 Å². The Labute approximate surface area is 143 Å². The number of fused-ring (bicyclic) bond motifs is 1. The first kappa shape index (κ1) is 15.1. The SMILES string of the molecule is COc1cccn2ncc(C(=O)N3CCCC3c3nc(C)cs3)c12. The van der Waals surface area contributed by atoms with Crippen molar-refractivity contribution in [2.45, 2.75) is 25.8 Å². The monoisotopic (exact) mass is 342 g/mol. The van der Waals surface area contributed by atoms with Gasteiger partial charge >= 0.3 is 0 Å². The molecule has 0 aromatic carbocycles. The van der Waals surface area contributed by atoms with Gasteiger partial charge < -0.3 is 9.64 Å². The molecular weight excluding hydrogens is 324 g/mol. The first-order valence-corrected chi connectivity index (χ1v) is 8.80. The molecule has 0 aliphatic carbocycles. The fourth-order valence-corrected chi connectivity index (χ4v) is 4.22. The second-order valence-electron chi connectivity index (χ2n) is 5.91. The van der Waals surface area contributed by atoms with Gasteiger partial charge in [-0.25, -0.2) is 9.50 Å². The Balaban J connectivity index is 1.73. The number of hydrogen-bond acceptors (Lipinski definition) is 5. The number of nitrogens with zero attached hydrogens (tertiary/aromatic N) is 4. The number of carbonyl (C=O) groups excluding carboxylic acids is 1. The number of methoxy groups -OCH3 is 1. The molecule has 24 heavy (non-hydrogen) atoms. The Morgan fingerprint density at radius 3 is 3.08 bits per heavy atom. The van der Waals surface area contributed by atoms with Crippen molar-refractivity contribution in [2.24, 2.45) is 0 Å². The number of rotatable bonds is 3. The summed E-state index contributed by atoms with van der Waals surface area (Å²) in [6, 6.07) is 3.75. The number of pyridine rings is 1. The van der Waals surface area contributed by atoms with Crippen LogP contribution >= 0.6 is 11.3 Å². The Bertz CT molecular complexity index is 901. The smallest absolute Gasteiger partial charge is 0.258 e. The molecule has 1 aliphatic rings. The Morgan fingerprint density at radius 2 is 2.33 bits per heavy atom. The number of amides is 1. The summed E-state index contributed by atoms with van der Waals surface area (Å²) in [7, 11) is 1.60. The van der Waals surface area contributed by atoms with E-state index in [0.717, 1.165) is 30.1 Å². The maximum Gasteiger partial charge on any atom is 0.258 e. The molecule has 124 valence electrons. The summed E-state index contributed by atoms with van der Waals surface area (Å²) in [6.45, 7) is 2.73. The zero-order valence-corrected chi connectivity index (χ0v) is 14.4.